The smallest absolute Gasteiger partial charge is 0.358 e. The summed E-state index contributed by atoms with van der Waals surface area (Å²) in [6.45, 7) is 0. The molecule has 9 heteroatoms. The summed E-state index contributed by atoms with van der Waals surface area (Å²) in [5.41, 5.74) is 0.894. The molecular formula is C11H8ClN3O4S. The Hall–Kier alpha value is -2.06. The van der Waals surface area contributed by atoms with Gasteiger partial charge in [0.15, 0.2) is 10.7 Å². The summed E-state index contributed by atoms with van der Waals surface area (Å²) >= 11 is 0. The molecule has 0 unspecified atom stereocenters. The van der Waals surface area contributed by atoms with Crippen molar-refractivity contribution in [3.63, 3.8) is 0 Å². The van der Waals surface area contributed by atoms with Crippen molar-refractivity contribution in [2.45, 2.75) is 5.03 Å². The van der Waals surface area contributed by atoms with Gasteiger partial charge in [-0.15, -0.1) is 0 Å². The fraction of sp³-hybridized carbons (Fsp3) is 0.0909. The molecule has 2 heterocycles. The van der Waals surface area contributed by atoms with Crippen molar-refractivity contribution in [1.82, 2.24) is 15.0 Å². The average molecular weight is 314 g/mol. The van der Waals surface area contributed by atoms with Gasteiger partial charge in [0, 0.05) is 22.4 Å². The van der Waals surface area contributed by atoms with E-state index in [4.69, 9.17) is 10.7 Å². The molecule has 2 rings (SSSR count). The largest absolute Gasteiger partial charge is 0.464 e. The van der Waals surface area contributed by atoms with E-state index in [0.717, 1.165) is 0 Å². The summed E-state index contributed by atoms with van der Waals surface area (Å²) in [5.74, 6) is -0.618. The lowest BCUT2D eigenvalue weighted by atomic mass is 10.2. The van der Waals surface area contributed by atoms with Gasteiger partial charge in [0.05, 0.1) is 25.2 Å². The molecule has 2 aromatic heterocycles. The SMILES string of the molecule is COC(=O)c1cncc(-c2ccc(S(=O)(=O)Cl)nc2)n1. The normalized spacial score (nSPS) is 11.1. The van der Waals surface area contributed by atoms with Gasteiger partial charge < -0.3 is 4.74 Å². The molecule has 0 aromatic carbocycles. The van der Waals surface area contributed by atoms with Gasteiger partial charge >= 0.3 is 5.97 Å². The lowest BCUT2D eigenvalue weighted by Crippen LogP contribution is -2.05. The predicted molar refractivity (Wildman–Crippen MR) is 69.6 cm³/mol. The van der Waals surface area contributed by atoms with Gasteiger partial charge in [0.2, 0.25) is 0 Å². The van der Waals surface area contributed by atoms with Crippen LogP contribution < -0.4 is 0 Å². The van der Waals surface area contributed by atoms with Gasteiger partial charge in [-0.3, -0.25) is 4.98 Å². The topological polar surface area (TPSA) is 99.1 Å². The molecule has 7 nitrogen and oxygen atoms in total. The maximum atomic E-state index is 11.3. The minimum Gasteiger partial charge on any atom is -0.464 e. The fourth-order valence-electron chi connectivity index (χ4n) is 1.38. The summed E-state index contributed by atoms with van der Waals surface area (Å²) < 4.78 is 26.7. The highest BCUT2D eigenvalue weighted by Crippen LogP contribution is 2.18. The summed E-state index contributed by atoms with van der Waals surface area (Å²) in [5, 5.41) is -0.264. The number of carbonyl (C=O) groups is 1. The van der Waals surface area contributed by atoms with Gasteiger partial charge in [-0.2, -0.15) is 0 Å². The number of hydrogen-bond acceptors (Lipinski definition) is 7. The Balaban J connectivity index is 2.40. The van der Waals surface area contributed by atoms with E-state index in [1.54, 1.807) is 0 Å². The first kappa shape index (κ1) is 14.4. The first-order valence-corrected chi connectivity index (χ1v) is 7.54. The van der Waals surface area contributed by atoms with Gasteiger partial charge in [-0.05, 0) is 12.1 Å². The average Bonchev–Trinajstić information content (AvgIpc) is 2.46. The molecule has 0 radical (unpaired) electrons. The number of esters is 1. The van der Waals surface area contributed by atoms with Gasteiger partial charge in [-0.25, -0.2) is 23.2 Å². The number of methoxy groups -OCH3 is 1. The highest BCUT2D eigenvalue weighted by Gasteiger charge is 2.13. The molecule has 0 aliphatic heterocycles. The van der Waals surface area contributed by atoms with Crippen molar-refractivity contribution < 1.29 is 17.9 Å². The van der Waals surface area contributed by atoms with Crippen LogP contribution in [0.5, 0.6) is 0 Å². The zero-order valence-corrected chi connectivity index (χ0v) is 11.7. The first-order valence-electron chi connectivity index (χ1n) is 5.23. The lowest BCUT2D eigenvalue weighted by Gasteiger charge is -2.03. The first-order chi connectivity index (χ1) is 9.41. The van der Waals surface area contributed by atoms with Crippen molar-refractivity contribution >= 4 is 25.7 Å². The van der Waals surface area contributed by atoms with E-state index >= 15 is 0 Å². The Kier molecular flexibility index (Phi) is 3.96. The van der Waals surface area contributed by atoms with Crippen molar-refractivity contribution in [2.24, 2.45) is 0 Å². The third-order valence-electron chi connectivity index (χ3n) is 2.31. The van der Waals surface area contributed by atoms with Crippen LogP contribution in [0.25, 0.3) is 11.3 Å². The Labute approximate surface area is 119 Å². The number of pyridine rings is 1. The van der Waals surface area contributed by atoms with E-state index in [9.17, 15) is 13.2 Å². The molecule has 0 saturated carbocycles. The number of halogens is 1. The number of nitrogens with zero attached hydrogens (tertiary/aromatic N) is 3. The van der Waals surface area contributed by atoms with Crippen LogP contribution in [0, 0.1) is 0 Å². The third-order valence-corrected chi connectivity index (χ3v) is 3.53. The van der Waals surface area contributed by atoms with Crippen molar-refractivity contribution in [1.29, 1.82) is 0 Å². The van der Waals surface area contributed by atoms with Crippen molar-refractivity contribution in [3.8, 4) is 11.3 Å². The summed E-state index contributed by atoms with van der Waals surface area (Å²) in [7, 11) is 2.52. The van der Waals surface area contributed by atoms with Crippen LogP contribution in [0.4, 0.5) is 0 Å². The number of hydrogen-bond donors (Lipinski definition) is 0. The standard InChI is InChI=1S/C11H8ClN3O4S/c1-19-11(16)9-6-13-5-8(15-9)7-2-3-10(14-4-7)20(12,17)18/h2-6H,1H3. The zero-order valence-electron chi connectivity index (χ0n) is 10.1. The third kappa shape index (κ3) is 3.09. The molecule has 2 aromatic rings. The molecule has 0 spiro atoms. The van der Waals surface area contributed by atoms with Gasteiger partial charge in [0.1, 0.15) is 0 Å². The molecule has 0 N–H and O–H groups in total. The monoisotopic (exact) mass is 313 g/mol. The second-order valence-electron chi connectivity index (χ2n) is 3.60. The molecule has 0 amide bonds. The van der Waals surface area contributed by atoms with Gasteiger partial charge in [-0.1, -0.05) is 0 Å². The maximum Gasteiger partial charge on any atom is 0.358 e. The molecule has 0 aliphatic carbocycles. The Morgan fingerprint density at radius 1 is 1.25 bits per heavy atom. The van der Waals surface area contributed by atoms with Crippen molar-refractivity contribution in [2.75, 3.05) is 7.11 Å². The molecule has 0 fully saturated rings. The predicted octanol–water partition coefficient (Wildman–Crippen LogP) is 1.25. The van der Waals surface area contributed by atoms with Crippen LogP contribution in [-0.2, 0) is 13.8 Å². The van der Waals surface area contributed by atoms with Crippen LogP contribution in [0.1, 0.15) is 10.5 Å². The molecule has 0 saturated heterocycles. The summed E-state index contributed by atoms with van der Waals surface area (Å²) in [6, 6.07) is 2.71. The van der Waals surface area contributed by atoms with Crippen LogP contribution in [0.3, 0.4) is 0 Å². The van der Waals surface area contributed by atoms with Crippen LogP contribution >= 0.6 is 10.7 Å². The molecular weight excluding hydrogens is 306 g/mol. The second kappa shape index (κ2) is 5.51. The van der Waals surface area contributed by atoms with E-state index in [0.29, 0.717) is 11.3 Å². The molecule has 104 valence electrons. The zero-order chi connectivity index (χ0) is 14.8. The van der Waals surface area contributed by atoms with E-state index in [2.05, 4.69) is 19.7 Å². The van der Waals surface area contributed by atoms with E-state index in [1.807, 2.05) is 0 Å². The van der Waals surface area contributed by atoms with Crippen molar-refractivity contribution in [3.05, 3.63) is 36.4 Å². The summed E-state index contributed by atoms with van der Waals surface area (Å²) in [6.07, 6.45) is 3.96. The number of ether oxygens (including phenoxy) is 1. The second-order valence-corrected chi connectivity index (χ2v) is 6.12. The van der Waals surface area contributed by atoms with E-state index in [-0.39, 0.29) is 10.7 Å². The highest BCUT2D eigenvalue weighted by atomic mass is 35.7. The van der Waals surface area contributed by atoms with Crippen LogP contribution in [-0.4, -0.2) is 36.4 Å². The fourth-order valence-corrected chi connectivity index (χ4v) is 2.07. The molecule has 0 aliphatic rings. The minimum absolute atomic E-state index is 0.0408. The molecule has 0 atom stereocenters. The molecule has 20 heavy (non-hydrogen) atoms. The number of carbonyl (C=O) groups excluding carboxylic acids is 1. The quantitative estimate of drug-likeness (QED) is 0.621. The Morgan fingerprint density at radius 3 is 2.55 bits per heavy atom. The molecule has 0 bridgehead atoms. The lowest BCUT2D eigenvalue weighted by molar-refractivity contribution is 0.0593. The van der Waals surface area contributed by atoms with E-state index < -0.39 is 15.0 Å². The highest BCUT2D eigenvalue weighted by molar-refractivity contribution is 8.13. The van der Waals surface area contributed by atoms with Gasteiger partial charge in [0.25, 0.3) is 9.05 Å². The Morgan fingerprint density at radius 2 is 2.00 bits per heavy atom. The maximum absolute atomic E-state index is 11.3. The number of aromatic nitrogens is 3. The minimum atomic E-state index is -3.88. The number of rotatable bonds is 3. The van der Waals surface area contributed by atoms with E-state index in [1.165, 1.54) is 37.8 Å². The summed E-state index contributed by atoms with van der Waals surface area (Å²) in [4.78, 5) is 23.0. The van der Waals surface area contributed by atoms with Crippen LogP contribution in [0.2, 0.25) is 0 Å². The Bertz CT molecular complexity index is 747. The van der Waals surface area contributed by atoms with Crippen LogP contribution in [0.15, 0.2) is 35.7 Å².